The fraction of sp³-hybridized carbons (Fsp3) is 0.667. The number of ether oxygens (including phenoxy) is 1. The van der Waals surface area contributed by atoms with Gasteiger partial charge < -0.3 is 9.72 Å². The van der Waals surface area contributed by atoms with Gasteiger partial charge in [0.2, 0.25) is 0 Å². The van der Waals surface area contributed by atoms with Crippen LogP contribution in [0.1, 0.15) is 31.5 Å². The van der Waals surface area contributed by atoms with Crippen molar-refractivity contribution in [3.8, 4) is 0 Å². The van der Waals surface area contributed by atoms with E-state index < -0.39 is 16.0 Å². The minimum Gasteiger partial charge on any atom is -0.469 e. The molecule has 1 saturated heterocycles. The maximum atomic E-state index is 12.6. The van der Waals surface area contributed by atoms with Crippen LogP contribution < -0.4 is 0 Å². The van der Waals surface area contributed by atoms with Crippen molar-refractivity contribution in [2.45, 2.75) is 43.7 Å². The second-order valence-electron chi connectivity index (χ2n) is 4.88. The molecule has 0 saturated carbocycles. The van der Waals surface area contributed by atoms with Crippen molar-refractivity contribution < 1.29 is 17.9 Å². The summed E-state index contributed by atoms with van der Waals surface area (Å²) in [4.78, 5) is 18.1. The molecule has 2 heterocycles. The molecule has 7 nitrogen and oxygen atoms in total. The van der Waals surface area contributed by atoms with E-state index in [9.17, 15) is 13.2 Å². The molecule has 1 aromatic rings. The molecule has 1 unspecified atom stereocenters. The van der Waals surface area contributed by atoms with Crippen molar-refractivity contribution in [3.63, 3.8) is 0 Å². The first-order valence-corrected chi connectivity index (χ1v) is 7.99. The Morgan fingerprint density at radius 2 is 2.30 bits per heavy atom. The third kappa shape index (κ3) is 3.01. The van der Waals surface area contributed by atoms with E-state index in [4.69, 9.17) is 0 Å². The number of aromatic amines is 1. The van der Waals surface area contributed by atoms with Gasteiger partial charge in [-0.3, -0.25) is 4.79 Å². The number of imidazole rings is 1. The average Bonchev–Trinajstić information content (AvgIpc) is 2.86. The number of carbonyl (C=O) groups excluding carboxylic acids is 1. The number of piperidine rings is 1. The van der Waals surface area contributed by atoms with Gasteiger partial charge in [-0.25, -0.2) is 13.4 Å². The predicted octanol–water partition coefficient (Wildman–Crippen LogP) is 0.824. The monoisotopic (exact) mass is 301 g/mol. The SMILES string of the molecule is COC(=O)CC1CCCCN1S(=O)(=O)c1cnc(C)[nH]1. The van der Waals surface area contributed by atoms with Gasteiger partial charge in [-0.05, 0) is 19.8 Å². The highest BCUT2D eigenvalue weighted by Gasteiger charge is 2.35. The number of rotatable bonds is 4. The van der Waals surface area contributed by atoms with Gasteiger partial charge in [0, 0.05) is 12.6 Å². The van der Waals surface area contributed by atoms with Gasteiger partial charge >= 0.3 is 5.97 Å². The average molecular weight is 301 g/mol. The van der Waals surface area contributed by atoms with Crippen LogP contribution in [0.4, 0.5) is 0 Å². The standard InChI is InChI=1S/C12H19N3O4S/c1-9-13-8-11(14-9)20(17,18)15-6-4-3-5-10(15)7-12(16)19-2/h8,10H,3-7H2,1-2H3,(H,13,14). The lowest BCUT2D eigenvalue weighted by Crippen LogP contribution is -2.44. The highest BCUT2D eigenvalue weighted by atomic mass is 32.2. The highest BCUT2D eigenvalue weighted by molar-refractivity contribution is 7.89. The van der Waals surface area contributed by atoms with E-state index in [0.717, 1.165) is 12.8 Å². The zero-order valence-electron chi connectivity index (χ0n) is 11.6. The summed E-state index contributed by atoms with van der Waals surface area (Å²) in [6.45, 7) is 2.11. The quantitative estimate of drug-likeness (QED) is 0.831. The topological polar surface area (TPSA) is 92.4 Å². The number of esters is 1. The normalized spacial score (nSPS) is 20.8. The van der Waals surface area contributed by atoms with Crippen molar-refractivity contribution >= 4 is 16.0 Å². The molecule has 0 spiro atoms. The maximum absolute atomic E-state index is 12.6. The molecule has 0 aliphatic carbocycles. The lowest BCUT2D eigenvalue weighted by Gasteiger charge is -2.33. The zero-order chi connectivity index (χ0) is 14.8. The number of aryl methyl sites for hydroxylation is 1. The van der Waals surface area contributed by atoms with Crippen LogP contribution in [0.2, 0.25) is 0 Å². The van der Waals surface area contributed by atoms with Crippen LogP contribution in [0, 0.1) is 6.92 Å². The van der Waals surface area contributed by atoms with Crippen LogP contribution in [0.5, 0.6) is 0 Å². The fourth-order valence-electron chi connectivity index (χ4n) is 2.43. The van der Waals surface area contributed by atoms with Crippen molar-refractivity contribution in [2.75, 3.05) is 13.7 Å². The minimum atomic E-state index is -3.64. The number of H-pyrrole nitrogens is 1. The number of nitrogens with zero attached hydrogens (tertiary/aromatic N) is 2. The number of sulfonamides is 1. The Kier molecular flexibility index (Phi) is 4.44. The Bertz CT molecular complexity index is 581. The number of hydrogen-bond acceptors (Lipinski definition) is 5. The fourth-order valence-corrected chi connectivity index (χ4v) is 4.08. The largest absolute Gasteiger partial charge is 0.469 e. The van der Waals surface area contributed by atoms with Crippen molar-refractivity contribution in [1.82, 2.24) is 14.3 Å². The first-order chi connectivity index (χ1) is 9.45. The predicted molar refractivity (Wildman–Crippen MR) is 71.5 cm³/mol. The second-order valence-corrected chi connectivity index (χ2v) is 6.74. The van der Waals surface area contributed by atoms with Gasteiger partial charge in [-0.15, -0.1) is 0 Å². The summed E-state index contributed by atoms with van der Waals surface area (Å²) < 4.78 is 31.2. The first-order valence-electron chi connectivity index (χ1n) is 6.55. The van der Waals surface area contributed by atoms with Crippen LogP contribution in [-0.2, 0) is 19.6 Å². The Balaban J connectivity index is 2.25. The molecular formula is C12H19N3O4S. The number of methoxy groups -OCH3 is 1. The van der Waals surface area contributed by atoms with E-state index in [0.29, 0.717) is 18.8 Å². The van der Waals surface area contributed by atoms with E-state index in [1.54, 1.807) is 6.92 Å². The van der Waals surface area contributed by atoms with Crippen molar-refractivity contribution in [3.05, 3.63) is 12.0 Å². The van der Waals surface area contributed by atoms with Gasteiger partial charge in [0.15, 0.2) is 5.03 Å². The van der Waals surface area contributed by atoms with Crippen LogP contribution >= 0.6 is 0 Å². The van der Waals surface area contributed by atoms with E-state index in [2.05, 4.69) is 14.7 Å². The molecule has 0 radical (unpaired) electrons. The lowest BCUT2D eigenvalue weighted by molar-refractivity contribution is -0.141. The Morgan fingerprint density at radius 1 is 1.55 bits per heavy atom. The molecule has 1 aliphatic rings. The number of carbonyl (C=O) groups is 1. The Hall–Kier alpha value is -1.41. The molecule has 1 aromatic heterocycles. The van der Waals surface area contributed by atoms with Gasteiger partial charge in [-0.1, -0.05) is 6.42 Å². The van der Waals surface area contributed by atoms with Crippen LogP contribution in [0.25, 0.3) is 0 Å². The Labute approximate surface area is 118 Å². The van der Waals surface area contributed by atoms with E-state index in [1.807, 2.05) is 0 Å². The molecule has 8 heteroatoms. The summed E-state index contributed by atoms with van der Waals surface area (Å²) in [6.07, 6.45) is 3.78. The van der Waals surface area contributed by atoms with Gasteiger partial charge in [0.05, 0.1) is 19.7 Å². The van der Waals surface area contributed by atoms with E-state index in [-0.39, 0.29) is 17.5 Å². The molecule has 20 heavy (non-hydrogen) atoms. The van der Waals surface area contributed by atoms with E-state index >= 15 is 0 Å². The van der Waals surface area contributed by atoms with Crippen molar-refractivity contribution in [1.29, 1.82) is 0 Å². The number of hydrogen-bond donors (Lipinski definition) is 1. The molecule has 0 aromatic carbocycles. The lowest BCUT2D eigenvalue weighted by atomic mass is 10.0. The third-order valence-electron chi connectivity index (χ3n) is 3.47. The van der Waals surface area contributed by atoms with Gasteiger partial charge in [-0.2, -0.15) is 4.31 Å². The smallest absolute Gasteiger partial charge is 0.307 e. The number of aromatic nitrogens is 2. The Morgan fingerprint density at radius 3 is 2.90 bits per heavy atom. The van der Waals surface area contributed by atoms with Crippen molar-refractivity contribution in [2.24, 2.45) is 0 Å². The molecule has 1 N–H and O–H groups in total. The molecule has 1 fully saturated rings. The summed E-state index contributed by atoms with van der Waals surface area (Å²) in [6, 6.07) is -0.343. The van der Waals surface area contributed by atoms with Crippen LogP contribution in [0.3, 0.4) is 0 Å². The molecule has 112 valence electrons. The van der Waals surface area contributed by atoms with E-state index in [1.165, 1.54) is 17.6 Å². The molecular weight excluding hydrogens is 282 g/mol. The summed E-state index contributed by atoms with van der Waals surface area (Å²) >= 11 is 0. The number of nitrogens with one attached hydrogen (secondary N) is 1. The summed E-state index contributed by atoms with van der Waals surface area (Å²) in [5.74, 6) is 0.156. The first kappa shape index (κ1) is 15.0. The second kappa shape index (κ2) is 5.92. The molecule has 0 bridgehead atoms. The third-order valence-corrected chi connectivity index (χ3v) is 5.33. The van der Waals surface area contributed by atoms with Gasteiger partial charge in [0.1, 0.15) is 5.82 Å². The van der Waals surface area contributed by atoms with Crippen LogP contribution in [0.15, 0.2) is 11.2 Å². The van der Waals surface area contributed by atoms with Gasteiger partial charge in [0.25, 0.3) is 10.0 Å². The maximum Gasteiger partial charge on any atom is 0.307 e. The highest BCUT2D eigenvalue weighted by Crippen LogP contribution is 2.26. The molecule has 0 amide bonds. The molecule has 1 atom stereocenters. The summed E-state index contributed by atoms with van der Waals surface area (Å²) in [5, 5.41) is 0.0757. The molecule has 2 rings (SSSR count). The summed E-state index contributed by atoms with van der Waals surface area (Å²) in [7, 11) is -2.33. The molecule has 1 aliphatic heterocycles. The minimum absolute atomic E-state index is 0.0757. The summed E-state index contributed by atoms with van der Waals surface area (Å²) in [5.41, 5.74) is 0. The van der Waals surface area contributed by atoms with Crippen LogP contribution in [-0.4, -0.2) is 48.4 Å². The zero-order valence-corrected chi connectivity index (χ0v) is 12.4.